The lowest BCUT2D eigenvalue weighted by atomic mass is 10.2. The molecule has 0 N–H and O–H groups in total. The van der Waals surface area contributed by atoms with Gasteiger partial charge in [-0.2, -0.15) is 0 Å². The first-order chi connectivity index (χ1) is 9.44. The second-order valence-corrected chi connectivity index (χ2v) is 11.5. The average molecular weight is 329 g/mol. The van der Waals surface area contributed by atoms with Crippen molar-refractivity contribution in [3.63, 3.8) is 0 Å². The van der Waals surface area contributed by atoms with Gasteiger partial charge in [-0.3, -0.25) is 4.79 Å². The van der Waals surface area contributed by atoms with Crippen LogP contribution in [0.3, 0.4) is 0 Å². The van der Waals surface area contributed by atoms with Crippen molar-refractivity contribution in [2.45, 2.75) is 45.8 Å². The van der Waals surface area contributed by atoms with Crippen molar-refractivity contribution < 1.29 is 18.8 Å². The highest BCUT2D eigenvalue weighted by molar-refractivity contribution is 6.75. The van der Waals surface area contributed by atoms with Crippen molar-refractivity contribution in [1.29, 1.82) is 0 Å². The Labute approximate surface area is 131 Å². The molecule has 116 valence electrons. The number of hydrogen-bond acceptors (Lipinski definition) is 4. The molecule has 21 heavy (non-hydrogen) atoms. The highest BCUT2D eigenvalue weighted by Gasteiger charge is 2.41. The first-order valence-corrected chi connectivity index (χ1v) is 9.94. The van der Waals surface area contributed by atoms with Gasteiger partial charge in [-0.25, -0.2) is 4.79 Å². The zero-order chi connectivity index (χ0) is 16.4. The van der Waals surface area contributed by atoms with E-state index in [1.165, 1.54) is 19.1 Å². The smallest absolute Gasteiger partial charge is 0.328 e. The van der Waals surface area contributed by atoms with Crippen molar-refractivity contribution in [3.8, 4) is 5.75 Å². The van der Waals surface area contributed by atoms with Crippen LogP contribution in [0.15, 0.2) is 18.2 Å². The zero-order valence-electron chi connectivity index (χ0n) is 13.2. The third kappa shape index (κ3) is 4.57. The Kier molecular flexibility index (Phi) is 5.23. The van der Waals surface area contributed by atoms with E-state index in [0.717, 1.165) is 0 Å². The number of carbonyl (C=O) groups excluding carboxylic acids is 2. The topological polar surface area (TPSA) is 52.6 Å². The maximum Gasteiger partial charge on any atom is 0.328 e. The molecule has 0 aliphatic carbocycles. The molecule has 0 fully saturated rings. The van der Waals surface area contributed by atoms with E-state index in [2.05, 4.69) is 0 Å². The largest absolute Gasteiger partial charge is 0.516 e. The second-order valence-electron chi connectivity index (χ2n) is 6.38. The Morgan fingerprint density at radius 1 is 1.19 bits per heavy atom. The van der Waals surface area contributed by atoms with Crippen LogP contribution in [-0.4, -0.2) is 20.3 Å². The zero-order valence-corrected chi connectivity index (χ0v) is 15.0. The fourth-order valence-electron chi connectivity index (χ4n) is 1.35. The molecule has 0 radical (unpaired) electrons. The molecule has 0 heterocycles. The highest BCUT2D eigenvalue weighted by Crippen LogP contribution is 2.37. The minimum absolute atomic E-state index is 0.108. The number of carbonyl (C=O) groups is 2. The van der Waals surface area contributed by atoms with E-state index in [1.54, 1.807) is 6.07 Å². The standard InChI is InChI=1S/C15H21ClO4Si/c1-10(17)19-13-8-7-11(16)9-12(13)14(18)20-21(5,6)15(2,3)4/h7-9H,1-6H3. The molecule has 0 saturated heterocycles. The Bertz CT molecular complexity index is 561. The van der Waals surface area contributed by atoms with E-state index >= 15 is 0 Å². The van der Waals surface area contributed by atoms with Gasteiger partial charge in [0.05, 0.1) is 0 Å². The molecule has 0 unspecified atom stereocenters. The van der Waals surface area contributed by atoms with E-state index in [-0.39, 0.29) is 16.4 Å². The van der Waals surface area contributed by atoms with Crippen LogP contribution in [0.25, 0.3) is 0 Å². The summed E-state index contributed by atoms with van der Waals surface area (Å²) < 4.78 is 10.8. The number of ether oxygens (including phenoxy) is 1. The predicted octanol–water partition coefficient (Wildman–Crippen LogP) is 4.43. The van der Waals surface area contributed by atoms with Crippen LogP contribution in [0.1, 0.15) is 38.1 Å². The fraction of sp³-hybridized carbons (Fsp3) is 0.467. The van der Waals surface area contributed by atoms with Crippen LogP contribution in [0.4, 0.5) is 0 Å². The Balaban J connectivity index is 3.12. The Morgan fingerprint density at radius 3 is 2.24 bits per heavy atom. The summed E-state index contributed by atoms with van der Waals surface area (Å²) in [5.74, 6) is -0.852. The summed E-state index contributed by atoms with van der Waals surface area (Å²) >= 11 is 5.92. The predicted molar refractivity (Wildman–Crippen MR) is 85.4 cm³/mol. The first kappa shape index (κ1) is 17.7. The molecule has 4 nitrogen and oxygen atoms in total. The summed E-state index contributed by atoms with van der Waals surface area (Å²) in [5, 5.41) is 0.274. The highest BCUT2D eigenvalue weighted by atomic mass is 35.5. The van der Waals surface area contributed by atoms with Crippen LogP contribution in [0.5, 0.6) is 5.75 Å². The lowest BCUT2D eigenvalue weighted by Gasteiger charge is -2.35. The molecule has 0 amide bonds. The molecule has 6 heteroatoms. The summed E-state index contributed by atoms with van der Waals surface area (Å²) in [6.07, 6.45) is 0. The van der Waals surface area contributed by atoms with Crippen LogP contribution >= 0.6 is 11.6 Å². The molecule has 0 spiro atoms. The van der Waals surface area contributed by atoms with Gasteiger partial charge in [-0.1, -0.05) is 32.4 Å². The Morgan fingerprint density at radius 2 is 1.76 bits per heavy atom. The SMILES string of the molecule is CC(=O)Oc1ccc(Cl)cc1C(=O)O[Si](C)(C)C(C)(C)C. The van der Waals surface area contributed by atoms with E-state index in [9.17, 15) is 9.59 Å². The minimum Gasteiger partial charge on any atom is -0.516 e. The van der Waals surface area contributed by atoms with E-state index in [1.807, 2.05) is 33.9 Å². The summed E-state index contributed by atoms with van der Waals surface area (Å²) in [6.45, 7) is 11.3. The number of halogens is 1. The molecule has 1 rings (SSSR count). The second kappa shape index (κ2) is 6.20. The van der Waals surface area contributed by atoms with Gasteiger partial charge in [0.15, 0.2) is 0 Å². The van der Waals surface area contributed by atoms with Gasteiger partial charge in [-0.15, -0.1) is 0 Å². The number of esters is 1. The third-order valence-electron chi connectivity index (χ3n) is 3.57. The molecule has 0 aromatic heterocycles. The van der Waals surface area contributed by atoms with Gasteiger partial charge in [-0.05, 0) is 36.3 Å². The van der Waals surface area contributed by atoms with E-state index < -0.39 is 20.3 Å². The summed E-state index contributed by atoms with van der Waals surface area (Å²) in [7, 11) is -2.26. The van der Waals surface area contributed by atoms with Gasteiger partial charge in [0.25, 0.3) is 8.32 Å². The van der Waals surface area contributed by atoms with Crippen LogP contribution in [0.2, 0.25) is 23.2 Å². The molecular formula is C15H21ClO4Si. The lowest BCUT2D eigenvalue weighted by Crippen LogP contribution is -2.42. The molecule has 0 atom stereocenters. The lowest BCUT2D eigenvalue weighted by molar-refractivity contribution is -0.131. The van der Waals surface area contributed by atoms with E-state index in [0.29, 0.717) is 5.02 Å². The quantitative estimate of drug-likeness (QED) is 0.468. The van der Waals surface area contributed by atoms with Crippen molar-refractivity contribution in [1.82, 2.24) is 0 Å². The van der Waals surface area contributed by atoms with Crippen LogP contribution in [0, 0.1) is 0 Å². The summed E-state index contributed by atoms with van der Waals surface area (Å²) in [5.41, 5.74) is 0.169. The maximum absolute atomic E-state index is 12.4. The minimum atomic E-state index is -2.26. The number of benzene rings is 1. The molecule has 0 aliphatic heterocycles. The summed E-state index contributed by atoms with van der Waals surface area (Å²) in [4.78, 5) is 23.5. The van der Waals surface area contributed by atoms with Crippen molar-refractivity contribution >= 4 is 31.9 Å². The number of hydrogen-bond donors (Lipinski definition) is 0. The molecule has 0 aliphatic rings. The monoisotopic (exact) mass is 328 g/mol. The molecular weight excluding hydrogens is 308 g/mol. The van der Waals surface area contributed by atoms with Gasteiger partial charge in [0.1, 0.15) is 11.3 Å². The normalized spacial score (nSPS) is 12.0. The van der Waals surface area contributed by atoms with Crippen LogP contribution in [-0.2, 0) is 9.22 Å². The first-order valence-electron chi connectivity index (χ1n) is 6.65. The Hall–Kier alpha value is -1.33. The van der Waals surface area contributed by atoms with Gasteiger partial charge >= 0.3 is 11.9 Å². The maximum atomic E-state index is 12.4. The molecule has 1 aromatic carbocycles. The number of rotatable bonds is 3. The third-order valence-corrected chi connectivity index (χ3v) is 8.11. The molecule has 0 saturated carbocycles. The van der Waals surface area contributed by atoms with Crippen molar-refractivity contribution in [2.24, 2.45) is 0 Å². The van der Waals surface area contributed by atoms with Gasteiger partial charge < -0.3 is 9.16 Å². The van der Waals surface area contributed by atoms with Gasteiger partial charge in [0.2, 0.25) is 0 Å². The molecule has 0 bridgehead atoms. The van der Waals surface area contributed by atoms with Crippen molar-refractivity contribution in [3.05, 3.63) is 28.8 Å². The average Bonchev–Trinajstić information content (AvgIpc) is 2.28. The van der Waals surface area contributed by atoms with Crippen molar-refractivity contribution in [2.75, 3.05) is 0 Å². The van der Waals surface area contributed by atoms with Gasteiger partial charge in [0, 0.05) is 11.9 Å². The molecule has 1 aromatic rings. The summed E-state index contributed by atoms with van der Waals surface area (Å²) in [6, 6.07) is 4.50. The van der Waals surface area contributed by atoms with E-state index in [4.69, 9.17) is 20.8 Å². The fourth-order valence-corrected chi connectivity index (χ4v) is 2.40. The van der Waals surface area contributed by atoms with Crippen LogP contribution < -0.4 is 4.74 Å².